The highest BCUT2D eigenvalue weighted by atomic mass is 19.1. The number of benzene rings is 1. The lowest BCUT2D eigenvalue weighted by Crippen LogP contribution is -2.04. The summed E-state index contributed by atoms with van der Waals surface area (Å²) in [5.74, 6) is 0.0425. The Bertz CT molecular complexity index is 571. The van der Waals surface area contributed by atoms with Crippen LogP contribution in [0, 0.1) is 17.1 Å². The van der Waals surface area contributed by atoms with Crippen LogP contribution in [0.4, 0.5) is 4.39 Å². The molecule has 0 atom stereocenters. The molecule has 0 bridgehead atoms. The number of halogens is 1. The van der Waals surface area contributed by atoms with E-state index >= 15 is 0 Å². The van der Waals surface area contributed by atoms with Gasteiger partial charge in [-0.2, -0.15) is 5.26 Å². The number of ether oxygens (including phenoxy) is 1. The molecule has 0 aliphatic rings. The molecule has 0 amide bonds. The van der Waals surface area contributed by atoms with Crippen molar-refractivity contribution in [3.8, 4) is 11.8 Å². The Kier molecular flexibility index (Phi) is 3.06. The summed E-state index contributed by atoms with van der Waals surface area (Å²) in [6.07, 6.45) is 3.15. The maximum atomic E-state index is 13.9. The van der Waals surface area contributed by atoms with Gasteiger partial charge in [-0.1, -0.05) is 12.1 Å². The van der Waals surface area contributed by atoms with E-state index < -0.39 is 5.82 Å². The maximum Gasteiger partial charge on any atom is 0.213 e. The Morgan fingerprint density at radius 1 is 1.53 bits per heavy atom. The zero-order valence-corrected chi connectivity index (χ0v) is 9.22. The second-order valence-corrected chi connectivity index (χ2v) is 3.42. The van der Waals surface area contributed by atoms with Gasteiger partial charge in [0.1, 0.15) is 6.07 Å². The number of hydrogen-bond donors (Lipinski definition) is 0. The summed E-state index contributed by atoms with van der Waals surface area (Å²) in [6, 6.07) is 6.86. The first-order valence-corrected chi connectivity index (χ1v) is 4.99. The molecule has 86 valence electrons. The molecule has 17 heavy (non-hydrogen) atoms. The average molecular weight is 231 g/mol. The minimum absolute atomic E-state index is 0.195. The van der Waals surface area contributed by atoms with Crippen LogP contribution in [-0.4, -0.2) is 16.7 Å². The van der Waals surface area contributed by atoms with Crippen molar-refractivity contribution in [2.45, 2.75) is 6.54 Å². The Morgan fingerprint density at radius 3 is 3.06 bits per heavy atom. The monoisotopic (exact) mass is 231 g/mol. The molecular weight excluding hydrogens is 221 g/mol. The van der Waals surface area contributed by atoms with Crippen LogP contribution in [0.2, 0.25) is 0 Å². The molecule has 0 saturated heterocycles. The predicted molar refractivity (Wildman–Crippen MR) is 59.0 cm³/mol. The van der Waals surface area contributed by atoms with Gasteiger partial charge in [-0.15, -0.1) is 0 Å². The third-order valence-corrected chi connectivity index (χ3v) is 2.42. The van der Waals surface area contributed by atoms with Crippen molar-refractivity contribution < 1.29 is 9.13 Å². The van der Waals surface area contributed by atoms with E-state index in [4.69, 9.17) is 10.00 Å². The van der Waals surface area contributed by atoms with Crippen LogP contribution < -0.4 is 4.74 Å². The van der Waals surface area contributed by atoms with Crippen molar-refractivity contribution in [1.82, 2.24) is 9.55 Å². The van der Waals surface area contributed by atoms with Crippen molar-refractivity contribution in [2.24, 2.45) is 0 Å². The minimum atomic E-state index is -0.410. The highest BCUT2D eigenvalue weighted by Gasteiger charge is 2.10. The molecule has 5 heteroatoms. The number of hydrogen-bond acceptors (Lipinski definition) is 3. The van der Waals surface area contributed by atoms with E-state index in [1.165, 1.54) is 13.3 Å². The fourth-order valence-corrected chi connectivity index (χ4v) is 1.57. The third-order valence-electron chi connectivity index (χ3n) is 2.42. The van der Waals surface area contributed by atoms with Gasteiger partial charge in [0.2, 0.25) is 5.82 Å². The number of rotatable bonds is 3. The maximum absolute atomic E-state index is 13.9. The van der Waals surface area contributed by atoms with Crippen molar-refractivity contribution in [3.05, 3.63) is 47.8 Å². The van der Waals surface area contributed by atoms with Crippen molar-refractivity contribution in [3.63, 3.8) is 0 Å². The molecule has 0 aliphatic carbocycles. The molecule has 1 aromatic heterocycles. The zero-order chi connectivity index (χ0) is 12.3. The van der Waals surface area contributed by atoms with Gasteiger partial charge in [0.25, 0.3) is 0 Å². The topological polar surface area (TPSA) is 50.8 Å². The van der Waals surface area contributed by atoms with Gasteiger partial charge >= 0.3 is 0 Å². The number of imidazole rings is 1. The van der Waals surface area contributed by atoms with E-state index in [-0.39, 0.29) is 18.1 Å². The number of nitriles is 1. The predicted octanol–water partition coefficient (Wildman–Crippen LogP) is 1.95. The Morgan fingerprint density at radius 2 is 2.35 bits per heavy atom. The normalized spacial score (nSPS) is 9.94. The molecule has 2 aromatic rings. The molecule has 0 spiro atoms. The van der Waals surface area contributed by atoms with Crippen molar-refractivity contribution in [1.29, 1.82) is 5.26 Å². The summed E-state index contributed by atoms with van der Waals surface area (Å²) in [5, 5.41) is 8.80. The lowest BCUT2D eigenvalue weighted by Gasteiger charge is -2.08. The molecule has 2 rings (SSSR count). The number of methoxy groups -OCH3 is 1. The van der Waals surface area contributed by atoms with Crippen LogP contribution >= 0.6 is 0 Å². The molecule has 0 N–H and O–H groups in total. The molecule has 0 unspecified atom stereocenters. The second kappa shape index (κ2) is 4.66. The summed E-state index contributed by atoms with van der Waals surface area (Å²) >= 11 is 0. The van der Waals surface area contributed by atoms with Gasteiger partial charge in [0.05, 0.1) is 13.7 Å². The Labute approximate surface area is 97.9 Å². The van der Waals surface area contributed by atoms with Crippen LogP contribution in [0.15, 0.2) is 30.6 Å². The van der Waals surface area contributed by atoms with Gasteiger partial charge in [0.15, 0.2) is 11.6 Å². The van der Waals surface area contributed by atoms with Gasteiger partial charge in [-0.05, 0) is 6.07 Å². The quantitative estimate of drug-likeness (QED) is 0.811. The first kappa shape index (κ1) is 11.1. The Balaban J connectivity index is 2.34. The summed E-state index contributed by atoms with van der Waals surface area (Å²) < 4.78 is 20.3. The van der Waals surface area contributed by atoms with E-state index in [1.54, 1.807) is 29.0 Å². The molecular formula is C12H10FN3O. The summed E-state index contributed by atoms with van der Waals surface area (Å²) in [6.45, 7) is 0.256. The fourth-order valence-electron chi connectivity index (χ4n) is 1.57. The van der Waals surface area contributed by atoms with Crippen LogP contribution in [-0.2, 0) is 6.54 Å². The first-order chi connectivity index (χ1) is 8.26. The fraction of sp³-hybridized carbons (Fsp3) is 0.167. The van der Waals surface area contributed by atoms with E-state index in [9.17, 15) is 4.39 Å². The molecule has 0 radical (unpaired) electrons. The smallest absolute Gasteiger partial charge is 0.213 e. The molecule has 0 saturated carbocycles. The van der Waals surface area contributed by atoms with Gasteiger partial charge < -0.3 is 9.30 Å². The minimum Gasteiger partial charge on any atom is -0.494 e. The van der Waals surface area contributed by atoms with Crippen LogP contribution in [0.25, 0.3) is 0 Å². The second-order valence-electron chi connectivity index (χ2n) is 3.42. The van der Waals surface area contributed by atoms with Crippen molar-refractivity contribution >= 4 is 0 Å². The van der Waals surface area contributed by atoms with E-state index in [2.05, 4.69) is 4.98 Å². The highest BCUT2D eigenvalue weighted by Crippen LogP contribution is 2.20. The van der Waals surface area contributed by atoms with Crippen LogP contribution in [0.3, 0.4) is 0 Å². The third kappa shape index (κ3) is 2.11. The molecule has 1 aromatic carbocycles. The standard InChI is InChI=1S/C12H10FN3O/c1-17-10-4-2-3-9(12(10)13)8-16-6-5-15-11(16)7-14/h2-6H,8H2,1H3. The number of nitrogens with zero attached hydrogens (tertiary/aromatic N) is 3. The molecule has 4 nitrogen and oxygen atoms in total. The molecule has 0 fully saturated rings. The zero-order valence-electron chi connectivity index (χ0n) is 9.22. The molecule has 1 heterocycles. The van der Waals surface area contributed by atoms with Crippen LogP contribution in [0.1, 0.15) is 11.4 Å². The van der Waals surface area contributed by atoms with Gasteiger partial charge in [0, 0.05) is 18.0 Å². The Hall–Kier alpha value is -2.35. The lowest BCUT2D eigenvalue weighted by atomic mass is 10.2. The van der Waals surface area contributed by atoms with Crippen molar-refractivity contribution in [2.75, 3.05) is 7.11 Å². The van der Waals surface area contributed by atoms with E-state index in [0.717, 1.165) is 0 Å². The summed E-state index contributed by atoms with van der Waals surface area (Å²) in [4.78, 5) is 3.85. The first-order valence-electron chi connectivity index (χ1n) is 4.99. The average Bonchev–Trinajstić information content (AvgIpc) is 2.79. The summed E-state index contributed by atoms with van der Waals surface area (Å²) in [5.41, 5.74) is 0.457. The summed E-state index contributed by atoms with van der Waals surface area (Å²) in [7, 11) is 1.42. The largest absolute Gasteiger partial charge is 0.494 e. The van der Waals surface area contributed by atoms with E-state index in [0.29, 0.717) is 5.56 Å². The number of aromatic nitrogens is 2. The van der Waals surface area contributed by atoms with Gasteiger partial charge in [-0.3, -0.25) is 0 Å². The molecule has 0 aliphatic heterocycles. The SMILES string of the molecule is COc1cccc(Cn2ccnc2C#N)c1F. The van der Waals surface area contributed by atoms with E-state index in [1.807, 2.05) is 6.07 Å². The highest BCUT2D eigenvalue weighted by molar-refractivity contribution is 5.31. The van der Waals surface area contributed by atoms with Crippen LogP contribution in [0.5, 0.6) is 5.75 Å². The van der Waals surface area contributed by atoms with Gasteiger partial charge in [-0.25, -0.2) is 9.37 Å². The lowest BCUT2D eigenvalue weighted by molar-refractivity contribution is 0.383.